The van der Waals surface area contributed by atoms with Crippen LogP contribution in [0.4, 0.5) is 14.4 Å². The molecule has 0 aromatic heterocycles. The third-order valence-corrected chi connectivity index (χ3v) is 14.1. The van der Waals surface area contributed by atoms with Gasteiger partial charge < -0.3 is 53.8 Å². The third-order valence-electron chi connectivity index (χ3n) is 14.1. The highest BCUT2D eigenvalue weighted by Gasteiger charge is 2.35. The lowest BCUT2D eigenvalue weighted by atomic mass is 9.69. The minimum Gasteiger partial charge on any atom is -0.462 e. The molecule has 0 radical (unpaired) electrons. The number of nitrogens with one attached hydrogen (secondary N) is 3. The Labute approximate surface area is 507 Å². The van der Waals surface area contributed by atoms with Crippen LogP contribution in [-0.4, -0.2) is 94.2 Å². The number of unbranched alkanes of at least 4 members (excludes halogenated alkanes) is 1. The van der Waals surface area contributed by atoms with Crippen molar-refractivity contribution in [1.82, 2.24) is 16.0 Å². The van der Waals surface area contributed by atoms with Crippen molar-refractivity contribution in [3.8, 4) is 45.3 Å². The number of hydrogen-bond acceptors (Lipinski definition) is 16. The highest BCUT2D eigenvalue weighted by Crippen LogP contribution is 2.48. The van der Waals surface area contributed by atoms with Crippen molar-refractivity contribution >= 4 is 48.1 Å². The maximum absolute atomic E-state index is 13.8. The summed E-state index contributed by atoms with van der Waals surface area (Å²) < 4.78 is 44.7. The smallest absolute Gasteiger partial charge is 0.412 e. The molecule has 87 heavy (non-hydrogen) atoms. The van der Waals surface area contributed by atoms with Crippen LogP contribution in [0.5, 0.6) is 23.0 Å². The van der Waals surface area contributed by atoms with Crippen molar-refractivity contribution in [3.05, 3.63) is 180 Å². The van der Waals surface area contributed by atoms with E-state index in [0.29, 0.717) is 52.1 Å². The standard InChI is InChI=1S/C68H75N3O16/c1-43(2)61(73)80-37-18-17-25-60(72)84-58-32-30-50(41-54(58)52-21-13-15-23-56(52)85-65(77)69-34-38-81-62(74)44(3)4)68(9,49-28-26-48(27-29-49)47-19-11-10-12-20-47)51-31-33-59(87-67(79)71-36-40-83-64(76)46(7)8)55(42-51)53-22-14-16-24-57(53)86-66(78)70-35-39-82-63(75)45(5)6/h13-16,21-24,26-33,41-42,47H,1,3,5,7,10-12,17-20,25,34-40H2,2,4,6,8-9H3,(H,69,77)(H,70,78)(H,71,79). The van der Waals surface area contributed by atoms with E-state index in [-0.39, 0.29) is 97.8 Å². The Morgan fingerprint density at radius 3 is 1.22 bits per heavy atom. The molecule has 0 bridgehead atoms. The molecule has 1 atom stereocenters. The van der Waals surface area contributed by atoms with Gasteiger partial charge in [-0.15, -0.1) is 0 Å². The number of carbonyl (C=O) groups excluding carboxylic acids is 8. The Balaban J connectivity index is 1.49. The fourth-order valence-corrected chi connectivity index (χ4v) is 9.36. The number of hydrogen-bond donors (Lipinski definition) is 3. The molecule has 5 aromatic carbocycles. The number of amides is 3. The van der Waals surface area contributed by atoms with Crippen LogP contribution in [0.3, 0.4) is 0 Å². The van der Waals surface area contributed by atoms with E-state index in [1.54, 1.807) is 73.7 Å². The van der Waals surface area contributed by atoms with E-state index in [1.165, 1.54) is 32.8 Å². The zero-order chi connectivity index (χ0) is 63.0. The summed E-state index contributed by atoms with van der Waals surface area (Å²) in [6.07, 6.45) is 3.59. The average molecular weight is 1190 g/mol. The molecule has 1 saturated carbocycles. The molecular weight excluding hydrogens is 1110 g/mol. The van der Waals surface area contributed by atoms with Crippen LogP contribution >= 0.6 is 0 Å². The Hall–Kier alpha value is -9.78. The number of rotatable bonds is 28. The van der Waals surface area contributed by atoms with Gasteiger partial charge in [-0.25, -0.2) is 33.6 Å². The highest BCUT2D eigenvalue weighted by molar-refractivity contribution is 5.89. The molecule has 1 aliphatic carbocycles. The van der Waals surface area contributed by atoms with Crippen LogP contribution in [0.15, 0.2) is 158 Å². The molecule has 5 aromatic rings. The third kappa shape index (κ3) is 19.4. The van der Waals surface area contributed by atoms with Gasteiger partial charge in [-0.3, -0.25) is 4.79 Å². The molecule has 0 heterocycles. The molecule has 1 fully saturated rings. The Morgan fingerprint density at radius 1 is 0.437 bits per heavy atom. The summed E-state index contributed by atoms with van der Waals surface area (Å²) in [5.41, 5.74) is 4.33. The maximum atomic E-state index is 13.8. The van der Waals surface area contributed by atoms with Crippen LogP contribution in [0, 0.1) is 0 Å². The second-order valence-electron chi connectivity index (χ2n) is 21.0. The first kappa shape index (κ1) is 66.4. The SMILES string of the molecule is C=C(C)C(=O)OCCCCC(=O)Oc1ccc(C(C)(c2ccc(C3CCCCC3)cc2)c2ccc(OC(=O)NCCOC(=O)C(=C)C)c(-c3ccccc3OC(=O)NCCOC(=O)C(=C)C)c2)cc1-c1ccccc1OC(=O)NCCOC(=O)C(=C)C. The molecule has 19 nitrogen and oxygen atoms in total. The van der Waals surface area contributed by atoms with Crippen LogP contribution in [0.1, 0.15) is 114 Å². The summed E-state index contributed by atoms with van der Waals surface area (Å²) >= 11 is 0. The van der Waals surface area contributed by atoms with Gasteiger partial charge in [0.2, 0.25) is 0 Å². The van der Waals surface area contributed by atoms with Crippen LogP contribution in [-0.2, 0) is 48.3 Å². The summed E-state index contributed by atoms with van der Waals surface area (Å²) in [6, 6.07) is 32.3. The Morgan fingerprint density at radius 2 is 0.805 bits per heavy atom. The Bertz CT molecular complexity index is 3380. The van der Waals surface area contributed by atoms with Crippen molar-refractivity contribution in [3.63, 3.8) is 0 Å². The second kappa shape index (κ2) is 32.5. The van der Waals surface area contributed by atoms with Gasteiger partial charge in [-0.2, -0.15) is 0 Å². The van der Waals surface area contributed by atoms with Gasteiger partial charge in [-0.05, 0) is 125 Å². The molecule has 458 valence electrons. The zero-order valence-electron chi connectivity index (χ0n) is 49.9. The monoisotopic (exact) mass is 1190 g/mol. The normalized spacial score (nSPS) is 12.6. The van der Waals surface area contributed by atoms with Crippen molar-refractivity contribution in [2.75, 3.05) is 46.1 Å². The van der Waals surface area contributed by atoms with Gasteiger partial charge in [0.05, 0.1) is 26.2 Å². The number of benzene rings is 5. The molecule has 19 heteroatoms. The van der Waals surface area contributed by atoms with Gasteiger partial charge in [0.1, 0.15) is 42.8 Å². The van der Waals surface area contributed by atoms with Crippen molar-refractivity contribution < 1.29 is 76.3 Å². The van der Waals surface area contributed by atoms with Gasteiger partial charge in [0.25, 0.3) is 0 Å². The number of carbonyl (C=O) groups is 8. The fourth-order valence-electron chi connectivity index (χ4n) is 9.36. The van der Waals surface area contributed by atoms with Crippen LogP contribution in [0.2, 0.25) is 0 Å². The summed E-state index contributed by atoms with van der Waals surface area (Å²) in [5, 5.41) is 7.79. The molecule has 1 unspecified atom stereocenters. The van der Waals surface area contributed by atoms with Crippen LogP contribution in [0.25, 0.3) is 22.3 Å². The predicted octanol–water partition coefficient (Wildman–Crippen LogP) is 12.2. The zero-order valence-corrected chi connectivity index (χ0v) is 49.9. The maximum Gasteiger partial charge on any atom is 0.412 e. The first-order valence-corrected chi connectivity index (χ1v) is 28.6. The lowest BCUT2D eigenvalue weighted by Crippen LogP contribution is -2.31. The van der Waals surface area contributed by atoms with Gasteiger partial charge in [-0.1, -0.05) is 118 Å². The fraction of sp³-hybridized carbons (Fsp3) is 0.324. The van der Waals surface area contributed by atoms with Gasteiger partial charge in [0, 0.05) is 56.4 Å². The highest BCUT2D eigenvalue weighted by atomic mass is 16.6. The summed E-state index contributed by atoms with van der Waals surface area (Å²) in [4.78, 5) is 102. The van der Waals surface area contributed by atoms with Gasteiger partial charge in [0.15, 0.2) is 0 Å². The lowest BCUT2D eigenvalue weighted by molar-refractivity contribution is -0.140. The number of para-hydroxylation sites is 2. The van der Waals surface area contributed by atoms with Crippen LogP contribution < -0.4 is 34.9 Å². The first-order chi connectivity index (χ1) is 41.7. The molecule has 0 spiro atoms. The molecule has 6 rings (SSSR count). The van der Waals surface area contributed by atoms with E-state index >= 15 is 0 Å². The largest absolute Gasteiger partial charge is 0.462 e. The molecule has 3 N–H and O–H groups in total. The first-order valence-electron chi connectivity index (χ1n) is 28.6. The van der Waals surface area contributed by atoms with E-state index in [0.717, 1.165) is 31.2 Å². The topological polar surface area (TPSA) is 246 Å². The van der Waals surface area contributed by atoms with Gasteiger partial charge >= 0.3 is 48.1 Å². The summed E-state index contributed by atoms with van der Waals surface area (Å²) in [6.45, 7) is 21.7. The minimum atomic E-state index is -1.14. The summed E-state index contributed by atoms with van der Waals surface area (Å²) in [5.74, 6) is -2.29. The van der Waals surface area contributed by atoms with E-state index in [1.807, 2.05) is 25.1 Å². The second-order valence-corrected chi connectivity index (χ2v) is 21.0. The average Bonchev–Trinajstić information content (AvgIpc) is 1.24. The van der Waals surface area contributed by atoms with Crippen molar-refractivity contribution in [1.29, 1.82) is 0 Å². The molecular formula is C68H75N3O16. The molecule has 3 amide bonds. The number of esters is 5. The molecule has 0 saturated heterocycles. The van der Waals surface area contributed by atoms with E-state index in [4.69, 9.17) is 37.9 Å². The summed E-state index contributed by atoms with van der Waals surface area (Å²) in [7, 11) is 0. The predicted molar refractivity (Wildman–Crippen MR) is 326 cm³/mol. The Kier molecular flexibility index (Phi) is 24.8. The molecule has 0 aliphatic heterocycles. The number of ether oxygens (including phenoxy) is 8. The van der Waals surface area contributed by atoms with E-state index in [9.17, 15) is 38.4 Å². The van der Waals surface area contributed by atoms with E-state index in [2.05, 4.69) is 66.5 Å². The molecule has 1 aliphatic rings. The minimum absolute atomic E-state index is 0.0389. The quantitative estimate of drug-likeness (QED) is 0.0105. The van der Waals surface area contributed by atoms with Crippen molar-refractivity contribution in [2.45, 2.75) is 97.3 Å². The lowest BCUT2D eigenvalue weighted by Gasteiger charge is -2.34. The van der Waals surface area contributed by atoms with E-state index < -0.39 is 53.5 Å². The van der Waals surface area contributed by atoms with Crippen molar-refractivity contribution in [2.24, 2.45) is 0 Å².